The van der Waals surface area contributed by atoms with E-state index in [-0.39, 0.29) is 0 Å². The number of hydrogen-bond acceptors (Lipinski definition) is 2. The van der Waals surface area contributed by atoms with Gasteiger partial charge in [-0.3, -0.25) is 0 Å². The zero-order valence-corrected chi connectivity index (χ0v) is 11.5. The molecule has 0 bridgehead atoms. The van der Waals surface area contributed by atoms with E-state index in [0.29, 0.717) is 0 Å². The summed E-state index contributed by atoms with van der Waals surface area (Å²) in [6.07, 6.45) is 11.3. The maximum Gasteiger partial charge on any atom is 0.0935 e. The third kappa shape index (κ3) is 2.75. The molecule has 2 nitrogen and oxygen atoms in total. The Hall–Kier alpha value is -2.48. The summed E-state index contributed by atoms with van der Waals surface area (Å²) in [5.41, 5.74) is 5.62. The van der Waals surface area contributed by atoms with Gasteiger partial charge >= 0.3 is 0 Å². The molecule has 1 aromatic heterocycles. The van der Waals surface area contributed by atoms with Crippen LogP contribution in [-0.4, -0.2) is 10.2 Å². The smallest absolute Gasteiger partial charge is 0.0935 e. The second-order valence-electron chi connectivity index (χ2n) is 4.94. The molecule has 0 atom stereocenters. The van der Waals surface area contributed by atoms with Crippen molar-refractivity contribution in [2.45, 2.75) is 13.3 Å². The molecule has 1 aliphatic carbocycles. The van der Waals surface area contributed by atoms with Crippen molar-refractivity contribution in [3.63, 3.8) is 0 Å². The number of allylic oxidation sites excluding steroid dienone is 6. The largest absolute Gasteiger partial charge is 0.158 e. The minimum absolute atomic E-state index is 0.911. The fourth-order valence-corrected chi connectivity index (χ4v) is 2.19. The van der Waals surface area contributed by atoms with E-state index >= 15 is 0 Å². The Morgan fingerprint density at radius 1 is 1.00 bits per heavy atom. The SMILES string of the molecule is CC1=CC=C(c2cc(-c3ccccc3)cnn2)C=CC1. The highest BCUT2D eigenvalue weighted by Crippen LogP contribution is 2.23. The van der Waals surface area contributed by atoms with Crippen LogP contribution in [0.3, 0.4) is 0 Å². The van der Waals surface area contributed by atoms with Crippen LogP contribution < -0.4 is 0 Å². The molecule has 20 heavy (non-hydrogen) atoms. The van der Waals surface area contributed by atoms with Crippen LogP contribution in [0.2, 0.25) is 0 Å². The van der Waals surface area contributed by atoms with Gasteiger partial charge < -0.3 is 0 Å². The monoisotopic (exact) mass is 260 g/mol. The van der Waals surface area contributed by atoms with Crippen LogP contribution in [0.5, 0.6) is 0 Å². The second-order valence-corrected chi connectivity index (χ2v) is 4.94. The first kappa shape index (κ1) is 12.5. The fraction of sp³-hybridized carbons (Fsp3) is 0.111. The van der Waals surface area contributed by atoms with E-state index in [0.717, 1.165) is 28.8 Å². The van der Waals surface area contributed by atoms with Gasteiger partial charge in [-0.05, 0) is 25.0 Å². The Morgan fingerprint density at radius 2 is 1.85 bits per heavy atom. The molecular weight excluding hydrogens is 244 g/mol. The Balaban J connectivity index is 2.00. The van der Waals surface area contributed by atoms with Crippen molar-refractivity contribution >= 4 is 5.57 Å². The van der Waals surface area contributed by atoms with E-state index in [4.69, 9.17) is 0 Å². The molecule has 3 rings (SSSR count). The summed E-state index contributed by atoms with van der Waals surface area (Å²) in [4.78, 5) is 0. The van der Waals surface area contributed by atoms with E-state index in [1.165, 1.54) is 5.57 Å². The number of rotatable bonds is 2. The van der Waals surface area contributed by atoms with E-state index in [9.17, 15) is 0 Å². The van der Waals surface area contributed by atoms with Gasteiger partial charge in [0.25, 0.3) is 0 Å². The van der Waals surface area contributed by atoms with Gasteiger partial charge in [-0.1, -0.05) is 60.2 Å². The lowest BCUT2D eigenvalue weighted by atomic mass is 10.1. The summed E-state index contributed by atoms with van der Waals surface area (Å²) in [5, 5.41) is 8.40. The first-order valence-corrected chi connectivity index (χ1v) is 6.75. The maximum absolute atomic E-state index is 4.26. The first-order valence-electron chi connectivity index (χ1n) is 6.75. The molecule has 0 unspecified atom stereocenters. The number of aromatic nitrogens is 2. The van der Waals surface area contributed by atoms with Crippen molar-refractivity contribution in [1.29, 1.82) is 0 Å². The Kier molecular flexibility index (Phi) is 3.55. The zero-order chi connectivity index (χ0) is 13.8. The maximum atomic E-state index is 4.26. The molecular formula is C18H16N2. The summed E-state index contributed by atoms with van der Waals surface area (Å²) >= 11 is 0. The van der Waals surface area contributed by atoms with Crippen molar-refractivity contribution < 1.29 is 0 Å². The van der Waals surface area contributed by atoms with Gasteiger partial charge in [-0.15, -0.1) is 0 Å². The van der Waals surface area contributed by atoms with E-state index in [1.807, 2.05) is 18.2 Å². The van der Waals surface area contributed by atoms with Crippen molar-refractivity contribution in [2.24, 2.45) is 0 Å². The normalized spacial score (nSPS) is 14.4. The molecule has 0 amide bonds. The molecule has 98 valence electrons. The quantitative estimate of drug-likeness (QED) is 0.798. The first-order chi connectivity index (χ1) is 9.83. The van der Waals surface area contributed by atoms with E-state index < -0.39 is 0 Å². The van der Waals surface area contributed by atoms with Crippen molar-refractivity contribution in [3.05, 3.63) is 78.2 Å². The molecule has 1 aliphatic rings. The predicted octanol–water partition coefficient (Wildman–Crippen LogP) is 4.43. The van der Waals surface area contributed by atoms with E-state index in [2.05, 4.69) is 59.6 Å². The summed E-state index contributed by atoms with van der Waals surface area (Å²) in [5.74, 6) is 0. The Labute approximate surface area is 119 Å². The molecule has 0 spiro atoms. The van der Waals surface area contributed by atoms with Gasteiger partial charge in [0.15, 0.2) is 0 Å². The van der Waals surface area contributed by atoms with Crippen LogP contribution >= 0.6 is 0 Å². The molecule has 0 aliphatic heterocycles. The third-order valence-electron chi connectivity index (χ3n) is 3.34. The minimum Gasteiger partial charge on any atom is -0.158 e. The lowest BCUT2D eigenvalue weighted by Gasteiger charge is -2.04. The highest BCUT2D eigenvalue weighted by Gasteiger charge is 2.05. The van der Waals surface area contributed by atoms with Crippen LogP contribution in [0, 0.1) is 0 Å². The minimum atomic E-state index is 0.911. The predicted molar refractivity (Wildman–Crippen MR) is 83.0 cm³/mol. The summed E-state index contributed by atoms with van der Waals surface area (Å²) in [6, 6.07) is 12.3. The van der Waals surface area contributed by atoms with Crippen molar-refractivity contribution in [2.75, 3.05) is 0 Å². The number of hydrogen-bond donors (Lipinski definition) is 0. The Bertz CT molecular complexity index is 694. The van der Waals surface area contributed by atoms with Gasteiger partial charge in [-0.2, -0.15) is 10.2 Å². The molecule has 0 saturated heterocycles. The van der Waals surface area contributed by atoms with Gasteiger partial charge in [0, 0.05) is 11.1 Å². The molecule has 0 saturated carbocycles. The van der Waals surface area contributed by atoms with Crippen molar-refractivity contribution in [3.8, 4) is 11.1 Å². The zero-order valence-electron chi connectivity index (χ0n) is 11.5. The Morgan fingerprint density at radius 3 is 2.70 bits per heavy atom. The molecule has 2 heteroatoms. The van der Waals surface area contributed by atoms with Crippen LogP contribution in [-0.2, 0) is 0 Å². The summed E-state index contributed by atoms with van der Waals surface area (Å²) < 4.78 is 0. The van der Waals surface area contributed by atoms with Crippen LogP contribution in [0.25, 0.3) is 16.7 Å². The molecule has 1 heterocycles. The average Bonchev–Trinajstić information content (AvgIpc) is 2.73. The molecule has 1 aromatic carbocycles. The molecule has 0 fully saturated rings. The van der Waals surface area contributed by atoms with E-state index in [1.54, 1.807) is 6.20 Å². The topological polar surface area (TPSA) is 25.8 Å². The average molecular weight is 260 g/mol. The summed E-state index contributed by atoms with van der Waals surface area (Å²) in [6.45, 7) is 2.13. The standard InChI is InChI=1S/C18H16N2/c1-14-6-5-9-16(11-10-14)18-12-17(13-19-20-18)15-7-3-2-4-8-15/h2-5,7-13H,6H2,1H3. The van der Waals surface area contributed by atoms with Crippen molar-refractivity contribution in [1.82, 2.24) is 10.2 Å². The molecule has 0 radical (unpaired) electrons. The van der Waals surface area contributed by atoms with Crippen LogP contribution in [0.4, 0.5) is 0 Å². The molecule has 2 aromatic rings. The lowest BCUT2D eigenvalue weighted by Crippen LogP contribution is -1.91. The highest BCUT2D eigenvalue weighted by atomic mass is 15.1. The van der Waals surface area contributed by atoms with Crippen LogP contribution in [0.1, 0.15) is 19.0 Å². The van der Waals surface area contributed by atoms with Gasteiger partial charge in [0.2, 0.25) is 0 Å². The second kappa shape index (κ2) is 5.66. The summed E-state index contributed by atoms with van der Waals surface area (Å²) in [7, 11) is 0. The molecule has 0 N–H and O–H groups in total. The fourth-order valence-electron chi connectivity index (χ4n) is 2.19. The third-order valence-corrected chi connectivity index (χ3v) is 3.34. The van der Waals surface area contributed by atoms with Crippen LogP contribution in [0.15, 0.2) is 72.5 Å². The van der Waals surface area contributed by atoms with Gasteiger partial charge in [0.1, 0.15) is 0 Å². The van der Waals surface area contributed by atoms with Gasteiger partial charge in [0.05, 0.1) is 11.9 Å². The number of benzene rings is 1. The number of nitrogens with zero attached hydrogens (tertiary/aromatic N) is 2. The van der Waals surface area contributed by atoms with Gasteiger partial charge in [-0.25, -0.2) is 0 Å². The highest BCUT2D eigenvalue weighted by molar-refractivity contribution is 5.76. The lowest BCUT2D eigenvalue weighted by molar-refractivity contribution is 1.01.